The molecule has 0 saturated heterocycles. The number of benzene rings is 1. The van der Waals surface area contributed by atoms with E-state index in [1.54, 1.807) is 0 Å². The number of allylic oxidation sites excluding steroid dienone is 1. The molecule has 2 rings (SSSR count). The Kier molecular flexibility index (Phi) is 5.11. The van der Waals surface area contributed by atoms with Crippen molar-refractivity contribution in [2.24, 2.45) is 4.99 Å². The van der Waals surface area contributed by atoms with Crippen molar-refractivity contribution in [3.05, 3.63) is 39.7 Å². The molecule has 1 aromatic carbocycles. The maximum Gasteiger partial charge on any atom is 0.208 e. The second-order valence-electron chi connectivity index (χ2n) is 4.19. The molecule has 102 valence electrons. The highest BCUT2D eigenvalue weighted by molar-refractivity contribution is 6.37. The smallest absolute Gasteiger partial charge is 0.208 e. The average molecular weight is 300 g/mol. The van der Waals surface area contributed by atoms with Crippen LogP contribution in [0.25, 0.3) is 0 Å². The van der Waals surface area contributed by atoms with Crippen LogP contribution >= 0.6 is 23.2 Å². The van der Waals surface area contributed by atoms with Gasteiger partial charge < -0.3 is 9.47 Å². The first kappa shape index (κ1) is 14.2. The van der Waals surface area contributed by atoms with Crippen molar-refractivity contribution < 1.29 is 9.47 Å². The molecule has 0 fully saturated rings. The van der Waals surface area contributed by atoms with Gasteiger partial charge in [-0.25, -0.2) is 4.99 Å². The van der Waals surface area contributed by atoms with Crippen LogP contribution in [0.2, 0.25) is 10.0 Å². The molecule has 5 heteroatoms. The van der Waals surface area contributed by atoms with Crippen molar-refractivity contribution in [2.75, 3.05) is 13.2 Å². The summed E-state index contributed by atoms with van der Waals surface area (Å²) in [7, 11) is 0. The number of nitrogens with zero attached hydrogens (tertiary/aromatic N) is 1. The topological polar surface area (TPSA) is 30.8 Å². The van der Waals surface area contributed by atoms with E-state index in [2.05, 4.69) is 4.99 Å². The van der Waals surface area contributed by atoms with Gasteiger partial charge in [0.05, 0.1) is 10.0 Å². The van der Waals surface area contributed by atoms with Crippen LogP contribution in [0.15, 0.2) is 29.1 Å². The minimum Gasteiger partial charge on any atom is -0.487 e. The van der Waals surface area contributed by atoms with E-state index < -0.39 is 0 Å². The Morgan fingerprint density at radius 1 is 1.11 bits per heavy atom. The first-order valence-electron chi connectivity index (χ1n) is 6.11. The van der Waals surface area contributed by atoms with Crippen molar-refractivity contribution in [1.82, 2.24) is 0 Å². The normalized spacial score (nSPS) is 14.2. The van der Waals surface area contributed by atoms with Crippen molar-refractivity contribution in [3.63, 3.8) is 0 Å². The molecular formula is C14H15Cl2NO2. The summed E-state index contributed by atoms with van der Waals surface area (Å²) in [4.78, 5) is 4.13. The molecule has 1 aliphatic heterocycles. The lowest BCUT2D eigenvalue weighted by atomic mass is 10.2. The summed E-state index contributed by atoms with van der Waals surface area (Å²) in [6, 6.07) is 3.63. The molecule has 0 bridgehead atoms. The molecule has 19 heavy (non-hydrogen) atoms. The standard InChI is InChI=1S/C14H15Cl2NO2/c1-10-8-11(15)14(12(16)9-10)19-7-6-18-13-4-2-3-5-17-13/h4-5,8-9H,2-3,6-7H2,1H3. The Balaban J connectivity index is 1.83. The van der Waals surface area contributed by atoms with Gasteiger partial charge in [0.1, 0.15) is 13.2 Å². The lowest BCUT2D eigenvalue weighted by Gasteiger charge is -2.12. The Labute approximate surface area is 122 Å². The molecule has 0 aromatic heterocycles. The van der Waals surface area contributed by atoms with Gasteiger partial charge in [0.25, 0.3) is 0 Å². The van der Waals surface area contributed by atoms with Gasteiger partial charge in [-0.15, -0.1) is 0 Å². The molecular weight excluding hydrogens is 285 g/mol. The highest BCUT2D eigenvalue weighted by atomic mass is 35.5. The van der Waals surface area contributed by atoms with Gasteiger partial charge in [-0.05, 0) is 43.5 Å². The monoisotopic (exact) mass is 299 g/mol. The fourth-order valence-corrected chi connectivity index (χ4v) is 2.40. The van der Waals surface area contributed by atoms with Crippen LogP contribution in [-0.4, -0.2) is 19.4 Å². The third-order valence-electron chi connectivity index (χ3n) is 2.56. The molecule has 0 saturated carbocycles. The largest absolute Gasteiger partial charge is 0.487 e. The van der Waals surface area contributed by atoms with Gasteiger partial charge in [0.2, 0.25) is 5.88 Å². The summed E-state index contributed by atoms with van der Waals surface area (Å²) in [6.45, 7) is 2.71. The van der Waals surface area contributed by atoms with E-state index in [4.69, 9.17) is 32.7 Å². The van der Waals surface area contributed by atoms with Crippen LogP contribution < -0.4 is 4.74 Å². The zero-order chi connectivity index (χ0) is 13.7. The number of ether oxygens (including phenoxy) is 2. The Morgan fingerprint density at radius 2 is 1.79 bits per heavy atom. The maximum absolute atomic E-state index is 6.08. The molecule has 0 spiro atoms. The van der Waals surface area contributed by atoms with Gasteiger partial charge in [-0.3, -0.25) is 0 Å². The lowest BCUT2D eigenvalue weighted by molar-refractivity contribution is 0.154. The molecule has 3 nitrogen and oxygen atoms in total. The van der Waals surface area contributed by atoms with E-state index in [-0.39, 0.29) is 0 Å². The molecule has 1 heterocycles. The number of aliphatic imine (C=N–C) groups is 1. The van der Waals surface area contributed by atoms with E-state index in [1.807, 2.05) is 31.3 Å². The molecule has 0 amide bonds. The maximum atomic E-state index is 6.08. The van der Waals surface area contributed by atoms with E-state index in [0.717, 1.165) is 18.4 Å². The molecule has 0 N–H and O–H groups in total. The average Bonchev–Trinajstić information content (AvgIpc) is 2.38. The number of hydrogen-bond acceptors (Lipinski definition) is 3. The fraction of sp³-hybridized carbons (Fsp3) is 0.357. The van der Waals surface area contributed by atoms with Crippen LogP contribution in [0, 0.1) is 6.92 Å². The number of halogens is 2. The minimum absolute atomic E-state index is 0.370. The Hall–Kier alpha value is -1.19. The predicted octanol–water partition coefficient (Wildman–Crippen LogP) is 4.40. The summed E-state index contributed by atoms with van der Waals surface area (Å²) >= 11 is 12.2. The van der Waals surface area contributed by atoms with E-state index in [9.17, 15) is 0 Å². The molecule has 0 radical (unpaired) electrons. The highest BCUT2D eigenvalue weighted by Gasteiger charge is 2.08. The number of aryl methyl sites for hydroxylation is 1. The first-order chi connectivity index (χ1) is 9.16. The van der Waals surface area contributed by atoms with Crippen molar-refractivity contribution in [1.29, 1.82) is 0 Å². The second-order valence-corrected chi connectivity index (χ2v) is 5.00. The molecule has 0 atom stereocenters. The minimum atomic E-state index is 0.370. The zero-order valence-electron chi connectivity index (χ0n) is 10.7. The van der Waals surface area contributed by atoms with Crippen molar-refractivity contribution >= 4 is 29.4 Å². The summed E-state index contributed by atoms with van der Waals surface area (Å²) in [5.41, 5.74) is 1.00. The number of rotatable bonds is 5. The quantitative estimate of drug-likeness (QED) is 0.754. The van der Waals surface area contributed by atoms with Crippen LogP contribution in [0.5, 0.6) is 5.75 Å². The van der Waals surface area contributed by atoms with Gasteiger partial charge >= 0.3 is 0 Å². The van der Waals surface area contributed by atoms with Gasteiger partial charge in [0, 0.05) is 6.21 Å². The summed E-state index contributed by atoms with van der Waals surface area (Å²) in [5, 5.41) is 1.03. The third-order valence-corrected chi connectivity index (χ3v) is 3.12. The summed E-state index contributed by atoms with van der Waals surface area (Å²) in [5.74, 6) is 1.15. The SMILES string of the molecule is Cc1cc(Cl)c(OCCOC2=CCCC=N2)c(Cl)c1. The van der Waals surface area contributed by atoms with E-state index in [1.165, 1.54) is 0 Å². The predicted molar refractivity (Wildman–Crippen MR) is 78.5 cm³/mol. The van der Waals surface area contributed by atoms with Crippen molar-refractivity contribution in [3.8, 4) is 5.75 Å². The zero-order valence-corrected chi connectivity index (χ0v) is 12.2. The fourth-order valence-electron chi connectivity index (χ4n) is 1.70. The van der Waals surface area contributed by atoms with Crippen LogP contribution in [0.4, 0.5) is 0 Å². The summed E-state index contributed by atoms with van der Waals surface area (Å²) < 4.78 is 11.0. The highest BCUT2D eigenvalue weighted by Crippen LogP contribution is 2.33. The third kappa shape index (κ3) is 4.15. The molecule has 0 aliphatic carbocycles. The van der Waals surface area contributed by atoms with Gasteiger partial charge in [-0.1, -0.05) is 23.2 Å². The van der Waals surface area contributed by atoms with Gasteiger partial charge in [0.15, 0.2) is 5.75 Å². The first-order valence-corrected chi connectivity index (χ1v) is 6.86. The second kappa shape index (κ2) is 6.83. The van der Waals surface area contributed by atoms with Gasteiger partial charge in [-0.2, -0.15) is 0 Å². The Bertz CT molecular complexity index is 489. The van der Waals surface area contributed by atoms with Crippen LogP contribution in [0.1, 0.15) is 18.4 Å². The van der Waals surface area contributed by atoms with Crippen molar-refractivity contribution in [2.45, 2.75) is 19.8 Å². The number of hydrogen-bond donors (Lipinski definition) is 0. The summed E-state index contributed by atoms with van der Waals surface area (Å²) in [6.07, 6.45) is 5.75. The van der Waals surface area contributed by atoms with Crippen LogP contribution in [-0.2, 0) is 4.74 Å². The van der Waals surface area contributed by atoms with E-state index in [0.29, 0.717) is 34.9 Å². The molecule has 1 aliphatic rings. The molecule has 0 unspecified atom stereocenters. The van der Waals surface area contributed by atoms with Crippen LogP contribution in [0.3, 0.4) is 0 Å². The van der Waals surface area contributed by atoms with E-state index >= 15 is 0 Å². The molecule has 1 aromatic rings. The lowest BCUT2D eigenvalue weighted by Crippen LogP contribution is -2.07. The Morgan fingerprint density at radius 3 is 2.42 bits per heavy atom.